The van der Waals surface area contributed by atoms with Crippen LogP contribution >= 0.6 is 0 Å². The van der Waals surface area contributed by atoms with Gasteiger partial charge in [-0.25, -0.2) is 4.79 Å². The van der Waals surface area contributed by atoms with Gasteiger partial charge in [0, 0.05) is 18.9 Å². The Balaban J connectivity index is 2.33. The fourth-order valence-corrected chi connectivity index (χ4v) is 2.59. The number of methoxy groups -OCH3 is 1. The zero-order chi connectivity index (χ0) is 18.1. The van der Waals surface area contributed by atoms with Crippen LogP contribution in [0.25, 0.3) is 0 Å². The highest BCUT2D eigenvalue weighted by Gasteiger charge is 2.45. The molecule has 2 N–H and O–H groups in total. The van der Waals surface area contributed by atoms with Gasteiger partial charge in [0.15, 0.2) is 6.23 Å². The SMILES string of the molecule is CCC1OC(n2cc(C)c(=O)[nH]c2=O)C(OCC(C)(C)OC)C1O. The van der Waals surface area contributed by atoms with E-state index in [4.69, 9.17) is 14.2 Å². The van der Waals surface area contributed by atoms with Crippen molar-refractivity contribution >= 4 is 0 Å². The van der Waals surface area contributed by atoms with Crippen LogP contribution in [0.15, 0.2) is 15.8 Å². The number of nitrogens with zero attached hydrogens (tertiary/aromatic N) is 1. The Morgan fingerprint density at radius 3 is 2.67 bits per heavy atom. The average molecular weight is 342 g/mol. The number of aromatic amines is 1. The lowest BCUT2D eigenvalue weighted by Crippen LogP contribution is -2.42. The van der Waals surface area contributed by atoms with E-state index in [-0.39, 0.29) is 6.61 Å². The molecule has 1 aliphatic heterocycles. The lowest BCUT2D eigenvalue weighted by atomic mass is 10.1. The molecule has 0 aliphatic carbocycles. The minimum atomic E-state index is -0.883. The molecule has 4 atom stereocenters. The van der Waals surface area contributed by atoms with Gasteiger partial charge in [-0.3, -0.25) is 14.3 Å². The van der Waals surface area contributed by atoms with Crippen molar-refractivity contribution in [3.63, 3.8) is 0 Å². The molecule has 4 unspecified atom stereocenters. The summed E-state index contributed by atoms with van der Waals surface area (Å²) in [5.74, 6) is 0. The van der Waals surface area contributed by atoms with E-state index in [1.807, 2.05) is 20.8 Å². The average Bonchev–Trinajstić information content (AvgIpc) is 2.85. The first-order chi connectivity index (χ1) is 11.2. The summed E-state index contributed by atoms with van der Waals surface area (Å²) in [7, 11) is 1.58. The largest absolute Gasteiger partial charge is 0.388 e. The van der Waals surface area contributed by atoms with Crippen molar-refractivity contribution in [2.24, 2.45) is 0 Å². The maximum atomic E-state index is 12.1. The Kier molecular flexibility index (Phi) is 5.64. The molecule has 0 saturated carbocycles. The lowest BCUT2D eigenvalue weighted by molar-refractivity contribution is -0.120. The molecule has 1 fully saturated rings. The maximum Gasteiger partial charge on any atom is 0.330 e. The monoisotopic (exact) mass is 342 g/mol. The summed E-state index contributed by atoms with van der Waals surface area (Å²) in [5.41, 5.74) is -1.21. The number of ether oxygens (including phenoxy) is 3. The first-order valence-electron chi connectivity index (χ1n) is 8.02. The minimum absolute atomic E-state index is 0.221. The zero-order valence-electron chi connectivity index (χ0n) is 14.7. The summed E-state index contributed by atoms with van der Waals surface area (Å²) in [6.45, 7) is 7.42. The maximum absolute atomic E-state index is 12.1. The van der Waals surface area contributed by atoms with Crippen molar-refractivity contribution in [1.82, 2.24) is 9.55 Å². The van der Waals surface area contributed by atoms with E-state index in [0.29, 0.717) is 12.0 Å². The molecule has 136 valence electrons. The van der Waals surface area contributed by atoms with Gasteiger partial charge in [0.05, 0.1) is 18.3 Å². The minimum Gasteiger partial charge on any atom is -0.388 e. The van der Waals surface area contributed by atoms with Gasteiger partial charge < -0.3 is 19.3 Å². The summed E-state index contributed by atoms with van der Waals surface area (Å²) >= 11 is 0. The van der Waals surface area contributed by atoms with Crippen LogP contribution in [0.3, 0.4) is 0 Å². The third-order valence-corrected chi connectivity index (χ3v) is 4.31. The Morgan fingerprint density at radius 1 is 1.42 bits per heavy atom. The molecule has 0 radical (unpaired) electrons. The van der Waals surface area contributed by atoms with Gasteiger partial charge in [-0.05, 0) is 27.2 Å². The second kappa shape index (κ2) is 7.18. The molecule has 1 aromatic rings. The van der Waals surface area contributed by atoms with E-state index in [1.165, 1.54) is 10.8 Å². The first kappa shape index (κ1) is 18.9. The summed E-state index contributed by atoms with van der Waals surface area (Å²) in [5, 5.41) is 10.5. The van der Waals surface area contributed by atoms with Gasteiger partial charge in [-0.1, -0.05) is 6.92 Å². The van der Waals surface area contributed by atoms with Crippen molar-refractivity contribution in [2.75, 3.05) is 13.7 Å². The molecule has 0 amide bonds. The Morgan fingerprint density at radius 2 is 2.08 bits per heavy atom. The van der Waals surface area contributed by atoms with E-state index in [1.54, 1.807) is 14.0 Å². The van der Waals surface area contributed by atoms with Crippen LogP contribution in [-0.4, -0.2) is 52.3 Å². The van der Waals surface area contributed by atoms with Crippen LogP contribution in [0.5, 0.6) is 0 Å². The third-order valence-electron chi connectivity index (χ3n) is 4.31. The molecule has 2 rings (SSSR count). The molecule has 24 heavy (non-hydrogen) atoms. The second-order valence-corrected chi connectivity index (χ2v) is 6.68. The molecule has 1 saturated heterocycles. The fourth-order valence-electron chi connectivity index (χ4n) is 2.59. The number of aliphatic hydroxyl groups is 1. The number of rotatable bonds is 6. The van der Waals surface area contributed by atoms with Crippen LogP contribution < -0.4 is 11.2 Å². The Hall–Kier alpha value is -1.48. The fraction of sp³-hybridized carbons (Fsp3) is 0.750. The van der Waals surface area contributed by atoms with E-state index < -0.39 is 41.4 Å². The van der Waals surface area contributed by atoms with Crippen molar-refractivity contribution in [3.8, 4) is 0 Å². The van der Waals surface area contributed by atoms with Gasteiger partial charge in [-0.15, -0.1) is 0 Å². The van der Waals surface area contributed by atoms with Crippen molar-refractivity contribution in [1.29, 1.82) is 0 Å². The van der Waals surface area contributed by atoms with Gasteiger partial charge in [0.1, 0.15) is 12.2 Å². The second-order valence-electron chi connectivity index (χ2n) is 6.68. The number of aliphatic hydroxyl groups excluding tert-OH is 1. The first-order valence-corrected chi connectivity index (χ1v) is 8.02. The Bertz CT molecular complexity index is 680. The van der Waals surface area contributed by atoms with Gasteiger partial charge >= 0.3 is 5.69 Å². The smallest absolute Gasteiger partial charge is 0.330 e. The quantitative estimate of drug-likeness (QED) is 0.772. The molecule has 0 bridgehead atoms. The molecule has 8 heteroatoms. The van der Waals surface area contributed by atoms with Crippen LogP contribution in [0.1, 0.15) is 39.0 Å². The van der Waals surface area contributed by atoms with Gasteiger partial charge in [-0.2, -0.15) is 0 Å². The van der Waals surface area contributed by atoms with E-state index >= 15 is 0 Å². The molecule has 2 heterocycles. The number of nitrogens with one attached hydrogen (secondary N) is 1. The highest BCUT2D eigenvalue weighted by atomic mass is 16.6. The number of hydrogen-bond acceptors (Lipinski definition) is 6. The van der Waals surface area contributed by atoms with Gasteiger partial charge in [0.2, 0.25) is 0 Å². The topological polar surface area (TPSA) is 103 Å². The highest BCUT2D eigenvalue weighted by Crippen LogP contribution is 2.33. The standard InChI is InChI=1S/C16H26N2O6/c1-6-10-11(19)12(23-8-16(3,4)22-5)14(24-10)18-7-9(2)13(20)17-15(18)21/h7,10-12,14,19H,6,8H2,1-5H3,(H,17,20,21). The molecule has 0 aromatic carbocycles. The third kappa shape index (κ3) is 3.77. The van der Waals surface area contributed by atoms with Crippen LogP contribution in [0, 0.1) is 6.92 Å². The predicted octanol–water partition coefficient (Wildman–Crippen LogP) is 0.324. The summed E-state index contributed by atoms with van der Waals surface area (Å²) in [4.78, 5) is 26.0. The predicted molar refractivity (Wildman–Crippen MR) is 87.1 cm³/mol. The number of hydrogen-bond donors (Lipinski definition) is 2. The zero-order valence-corrected chi connectivity index (χ0v) is 14.7. The molecule has 1 aromatic heterocycles. The summed E-state index contributed by atoms with van der Waals surface area (Å²) in [6, 6.07) is 0. The number of aromatic nitrogens is 2. The molecule has 1 aliphatic rings. The van der Waals surface area contributed by atoms with Crippen molar-refractivity contribution in [3.05, 3.63) is 32.6 Å². The van der Waals surface area contributed by atoms with Crippen LogP contribution in [0.4, 0.5) is 0 Å². The van der Waals surface area contributed by atoms with Crippen molar-refractivity contribution in [2.45, 2.75) is 64.3 Å². The van der Waals surface area contributed by atoms with Crippen molar-refractivity contribution < 1.29 is 19.3 Å². The molecule has 8 nitrogen and oxygen atoms in total. The van der Waals surface area contributed by atoms with E-state index in [2.05, 4.69) is 4.98 Å². The van der Waals surface area contributed by atoms with Gasteiger partial charge in [0.25, 0.3) is 5.56 Å². The highest BCUT2D eigenvalue weighted by molar-refractivity contribution is 5.03. The molecular formula is C16H26N2O6. The molecule has 0 spiro atoms. The molecular weight excluding hydrogens is 316 g/mol. The van der Waals surface area contributed by atoms with E-state index in [9.17, 15) is 14.7 Å². The number of aryl methyl sites for hydroxylation is 1. The number of H-pyrrole nitrogens is 1. The summed E-state index contributed by atoms with van der Waals surface area (Å²) < 4.78 is 18.3. The summed E-state index contributed by atoms with van der Waals surface area (Å²) in [6.07, 6.45) is -0.902. The van der Waals surface area contributed by atoms with E-state index in [0.717, 1.165) is 0 Å². The van der Waals surface area contributed by atoms with Crippen LogP contribution in [-0.2, 0) is 14.2 Å². The Labute approximate surface area is 140 Å². The lowest BCUT2D eigenvalue weighted by Gasteiger charge is -2.28. The van der Waals surface area contributed by atoms with Crippen LogP contribution in [0.2, 0.25) is 0 Å². The normalized spacial score (nSPS) is 27.6.